The van der Waals surface area contributed by atoms with Crippen molar-refractivity contribution >= 4 is 35.3 Å². The number of halogens is 1. The highest BCUT2D eigenvalue weighted by Crippen LogP contribution is 2.26. The third-order valence-corrected chi connectivity index (χ3v) is 4.09. The summed E-state index contributed by atoms with van der Waals surface area (Å²) in [6.07, 6.45) is 1.54. The predicted octanol–water partition coefficient (Wildman–Crippen LogP) is 3.53. The maximum atomic E-state index is 12.0. The van der Waals surface area contributed by atoms with Crippen molar-refractivity contribution in [1.29, 1.82) is 0 Å². The number of anilines is 1. The zero-order chi connectivity index (χ0) is 20.5. The number of rotatable bonds is 8. The van der Waals surface area contributed by atoms with Gasteiger partial charge in [0.05, 0.1) is 20.4 Å². The first-order valence-electron chi connectivity index (χ1n) is 8.53. The van der Waals surface area contributed by atoms with E-state index in [-0.39, 0.29) is 24.7 Å². The maximum absolute atomic E-state index is 12.0. The summed E-state index contributed by atoms with van der Waals surface area (Å²) in [6, 6.07) is 10.4. The van der Waals surface area contributed by atoms with E-state index < -0.39 is 0 Å². The van der Waals surface area contributed by atoms with Crippen LogP contribution >= 0.6 is 11.6 Å². The van der Waals surface area contributed by atoms with Gasteiger partial charge >= 0.3 is 0 Å². The Kier molecular flexibility index (Phi) is 7.83. The Hall–Kier alpha value is -3.06. The summed E-state index contributed by atoms with van der Waals surface area (Å²) in [5.41, 5.74) is 4.65. The van der Waals surface area contributed by atoms with Crippen LogP contribution < -0.4 is 20.2 Å². The molecule has 0 atom stereocenters. The lowest BCUT2D eigenvalue weighted by atomic mass is 10.2. The third kappa shape index (κ3) is 6.28. The lowest BCUT2D eigenvalue weighted by Crippen LogP contribution is -2.20. The molecule has 0 aromatic heterocycles. The highest BCUT2D eigenvalue weighted by Gasteiger charge is 2.08. The SMILES string of the molecule is COc1ccc(/C=N\NC(=O)CCC(=O)Nc2ccc(Cl)cc2C)cc1OC. The second-order valence-corrected chi connectivity index (χ2v) is 6.35. The van der Waals surface area contributed by atoms with Crippen molar-refractivity contribution in [3.8, 4) is 11.5 Å². The summed E-state index contributed by atoms with van der Waals surface area (Å²) < 4.78 is 10.4. The fraction of sp³-hybridized carbons (Fsp3) is 0.250. The van der Waals surface area contributed by atoms with E-state index in [1.807, 2.05) is 6.92 Å². The molecule has 2 aromatic carbocycles. The second kappa shape index (κ2) is 10.3. The molecule has 0 bridgehead atoms. The lowest BCUT2D eigenvalue weighted by molar-refractivity contribution is -0.124. The monoisotopic (exact) mass is 403 g/mol. The number of hydrogen-bond donors (Lipinski definition) is 2. The molecule has 2 aromatic rings. The highest BCUT2D eigenvalue weighted by atomic mass is 35.5. The van der Waals surface area contributed by atoms with Gasteiger partial charge in [0.2, 0.25) is 11.8 Å². The van der Waals surface area contributed by atoms with E-state index in [9.17, 15) is 9.59 Å². The summed E-state index contributed by atoms with van der Waals surface area (Å²) in [5.74, 6) is 0.543. The molecule has 0 heterocycles. The summed E-state index contributed by atoms with van der Waals surface area (Å²) >= 11 is 5.89. The van der Waals surface area contributed by atoms with E-state index in [0.29, 0.717) is 22.2 Å². The molecule has 2 rings (SSSR count). The van der Waals surface area contributed by atoms with Crippen LogP contribution in [0.2, 0.25) is 5.02 Å². The molecular weight excluding hydrogens is 382 g/mol. The highest BCUT2D eigenvalue weighted by molar-refractivity contribution is 6.30. The number of nitrogens with zero attached hydrogens (tertiary/aromatic N) is 1. The Morgan fingerprint density at radius 2 is 1.75 bits per heavy atom. The number of methoxy groups -OCH3 is 2. The van der Waals surface area contributed by atoms with Gasteiger partial charge < -0.3 is 14.8 Å². The molecule has 0 spiro atoms. The first kappa shape index (κ1) is 21.2. The summed E-state index contributed by atoms with van der Waals surface area (Å²) in [7, 11) is 3.09. The molecule has 0 aliphatic carbocycles. The number of carbonyl (C=O) groups is 2. The fourth-order valence-electron chi connectivity index (χ4n) is 2.37. The van der Waals surface area contributed by atoms with Crippen molar-refractivity contribution in [2.75, 3.05) is 19.5 Å². The molecule has 148 valence electrons. The molecule has 0 fully saturated rings. The quantitative estimate of drug-likeness (QED) is 0.521. The average Bonchev–Trinajstić information content (AvgIpc) is 2.68. The van der Waals surface area contributed by atoms with Crippen LogP contribution in [0.5, 0.6) is 11.5 Å². The molecule has 0 aliphatic rings. The van der Waals surface area contributed by atoms with Crippen molar-refractivity contribution in [3.63, 3.8) is 0 Å². The normalized spacial score (nSPS) is 10.6. The van der Waals surface area contributed by atoms with E-state index >= 15 is 0 Å². The van der Waals surface area contributed by atoms with E-state index in [1.54, 1.807) is 43.5 Å². The summed E-state index contributed by atoms with van der Waals surface area (Å²) in [4.78, 5) is 23.9. The summed E-state index contributed by atoms with van der Waals surface area (Å²) in [6.45, 7) is 1.84. The molecule has 2 amide bonds. The van der Waals surface area contributed by atoms with Gasteiger partial charge in [-0.3, -0.25) is 9.59 Å². The Labute approximate surface area is 168 Å². The van der Waals surface area contributed by atoms with Gasteiger partial charge in [0, 0.05) is 23.6 Å². The molecule has 7 nitrogen and oxygen atoms in total. The number of hydrazone groups is 1. The zero-order valence-electron chi connectivity index (χ0n) is 15.9. The Balaban J connectivity index is 1.80. The van der Waals surface area contributed by atoms with Crippen LogP contribution in [-0.2, 0) is 9.59 Å². The van der Waals surface area contributed by atoms with Crippen LogP contribution in [0.4, 0.5) is 5.69 Å². The third-order valence-electron chi connectivity index (χ3n) is 3.85. The molecule has 2 N–H and O–H groups in total. The molecule has 0 saturated heterocycles. The van der Waals surface area contributed by atoms with Gasteiger partial charge in [-0.05, 0) is 54.4 Å². The number of aryl methyl sites for hydroxylation is 1. The summed E-state index contributed by atoms with van der Waals surface area (Å²) in [5, 5.41) is 7.25. The molecule has 0 unspecified atom stereocenters. The molecule has 0 saturated carbocycles. The van der Waals surface area contributed by atoms with E-state index in [2.05, 4.69) is 15.8 Å². The van der Waals surface area contributed by atoms with Gasteiger partial charge in [-0.1, -0.05) is 11.6 Å². The number of benzene rings is 2. The van der Waals surface area contributed by atoms with Crippen LogP contribution in [-0.4, -0.2) is 32.2 Å². The number of nitrogens with one attached hydrogen (secondary N) is 2. The largest absolute Gasteiger partial charge is 0.493 e. The van der Waals surface area contributed by atoms with E-state index in [1.165, 1.54) is 13.3 Å². The van der Waals surface area contributed by atoms with Crippen LogP contribution in [0.15, 0.2) is 41.5 Å². The molecular formula is C20H22ClN3O4. The van der Waals surface area contributed by atoms with Crippen molar-refractivity contribution in [2.24, 2.45) is 5.10 Å². The van der Waals surface area contributed by atoms with E-state index in [0.717, 1.165) is 11.1 Å². The lowest BCUT2D eigenvalue weighted by Gasteiger charge is -2.08. The van der Waals surface area contributed by atoms with Gasteiger partial charge in [-0.2, -0.15) is 5.10 Å². The first-order chi connectivity index (χ1) is 13.4. The standard InChI is InChI=1S/C20H22ClN3O4/c1-13-10-15(21)5-6-16(13)23-19(25)8-9-20(26)24-22-12-14-4-7-17(27-2)18(11-14)28-3/h4-7,10-12H,8-9H2,1-3H3,(H,23,25)(H,24,26)/b22-12-. The fourth-order valence-corrected chi connectivity index (χ4v) is 2.60. The molecule has 0 radical (unpaired) electrons. The van der Waals surface area contributed by atoms with Crippen molar-refractivity contribution < 1.29 is 19.1 Å². The van der Waals surface area contributed by atoms with Crippen LogP contribution in [0, 0.1) is 6.92 Å². The Bertz CT molecular complexity index is 884. The first-order valence-corrected chi connectivity index (χ1v) is 8.90. The topological polar surface area (TPSA) is 89.0 Å². The number of amides is 2. The number of ether oxygens (including phenoxy) is 2. The van der Waals surface area contributed by atoms with Gasteiger partial charge in [-0.25, -0.2) is 5.43 Å². The minimum atomic E-state index is -0.361. The molecule has 28 heavy (non-hydrogen) atoms. The Morgan fingerprint density at radius 1 is 1.04 bits per heavy atom. The van der Waals surface area contributed by atoms with Crippen molar-refractivity contribution in [1.82, 2.24) is 5.43 Å². The number of hydrogen-bond acceptors (Lipinski definition) is 5. The molecule has 0 aliphatic heterocycles. The maximum Gasteiger partial charge on any atom is 0.240 e. The van der Waals surface area contributed by atoms with Gasteiger partial charge in [0.25, 0.3) is 0 Å². The van der Waals surface area contributed by atoms with Gasteiger partial charge in [0.15, 0.2) is 11.5 Å². The van der Waals surface area contributed by atoms with Crippen molar-refractivity contribution in [3.05, 3.63) is 52.5 Å². The van der Waals surface area contributed by atoms with Crippen LogP contribution in [0.1, 0.15) is 24.0 Å². The Morgan fingerprint density at radius 3 is 2.43 bits per heavy atom. The minimum Gasteiger partial charge on any atom is -0.493 e. The zero-order valence-corrected chi connectivity index (χ0v) is 16.7. The van der Waals surface area contributed by atoms with Crippen LogP contribution in [0.25, 0.3) is 0 Å². The predicted molar refractivity (Wildman–Crippen MR) is 109 cm³/mol. The second-order valence-electron chi connectivity index (χ2n) is 5.92. The van der Waals surface area contributed by atoms with Gasteiger partial charge in [-0.15, -0.1) is 0 Å². The van der Waals surface area contributed by atoms with E-state index in [4.69, 9.17) is 21.1 Å². The smallest absolute Gasteiger partial charge is 0.240 e. The molecule has 8 heteroatoms. The van der Waals surface area contributed by atoms with Gasteiger partial charge in [0.1, 0.15) is 0 Å². The minimum absolute atomic E-state index is 0.0156. The number of carbonyl (C=O) groups excluding carboxylic acids is 2. The van der Waals surface area contributed by atoms with Crippen molar-refractivity contribution in [2.45, 2.75) is 19.8 Å². The average molecular weight is 404 g/mol. The van der Waals surface area contributed by atoms with Crippen LogP contribution in [0.3, 0.4) is 0 Å².